The van der Waals surface area contributed by atoms with Crippen LogP contribution in [-0.4, -0.2) is 60.8 Å². The second-order valence-corrected chi connectivity index (χ2v) is 7.81. The number of hydrogen-bond acceptors (Lipinski definition) is 4. The van der Waals surface area contributed by atoms with Crippen molar-refractivity contribution in [2.45, 2.75) is 44.6 Å². The van der Waals surface area contributed by atoms with Gasteiger partial charge in [-0.15, -0.1) is 11.3 Å². The second kappa shape index (κ2) is 8.21. The largest absolute Gasteiger partial charge is 0.388 e. The van der Waals surface area contributed by atoms with Gasteiger partial charge in [0.25, 0.3) is 0 Å². The third kappa shape index (κ3) is 4.42. The molecule has 0 bridgehead atoms. The van der Waals surface area contributed by atoms with Gasteiger partial charge in [-0.1, -0.05) is 19.3 Å². The third-order valence-corrected chi connectivity index (χ3v) is 5.97. The van der Waals surface area contributed by atoms with E-state index in [4.69, 9.17) is 4.99 Å². The van der Waals surface area contributed by atoms with Crippen LogP contribution < -0.4 is 10.2 Å². The van der Waals surface area contributed by atoms with Crippen LogP contribution >= 0.6 is 11.3 Å². The van der Waals surface area contributed by atoms with Crippen LogP contribution in [0.5, 0.6) is 0 Å². The van der Waals surface area contributed by atoms with E-state index in [1.165, 1.54) is 11.4 Å². The minimum Gasteiger partial charge on any atom is -0.388 e. The highest BCUT2D eigenvalue weighted by atomic mass is 32.1. The fourth-order valence-corrected chi connectivity index (χ4v) is 4.39. The highest BCUT2D eigenvalue weighted by molar-refractivity contribution is 7.14. The summed E-state index contributed by atoms with van der Waals surface area (Å²) in [5.41, 5.74) is -0.586. The monoisotopic (exact) mass is 350 g/mol. The molecule has 2 aliphatic rings. The lowest BCUT2D eigenvalue weighted by atomic mass is 9.85. The molecule has 0 spiro atoms. The number of hydrogen-bond donors (Lipinski definition) is 2. The van der Waals surface area contributed by atoms with Gasteiger partial charge in [-0.25, -0.2) is 0 Å². The van der Waals surface area contributed by atoms with Gasteiger partial charge in [-0.2, -0.15) is 0 Å². The van der Waals surface area contributed by atoms with Crippen molar-refractivity contribution in [1.82, 2.24) is 10.2 Å². The average Bonchev–Trinajstić information content (AvgIpc) is 3.14. The first-order chi connectivity index (χ1) is 11.7. The molecule has 1 saturated heterocycles. The van der Waals surface area contributed by atoms with Gasteiger partial charge >= 0.3 is 0 Å². The van der Waals surface area contributed by atoms with E-state index in [0.29, 0.717) is 6.54 Å². The molecule has 0 radical (unpaired) electrons. The highest BCUT2D eigenvalue weighted by Gasteiger charge is 2.29. The van der Waals surface area contributed by atoms with Gasteiger partial charge in [0.2, 0.25) is 0 Å². The molecule has 0 unspecified atom stereocenters. The molecule has 2 N–H and O–H groups in total. The van der Waals surface area contributed by atoms with Crippen molar-refractivity contribution in [2.24, 2.45) is 4.99 Å². The SMILES string of the molecule is CCNC(=NCC1(O)CCCCC1)N1CCN(c2cccs2)CC1. The Morgan fingerprint density at radius 1 is 1.25 bits per heavy atom. The minimum absolute atomic E-state index is 0.528. The zero-order chi connectivity index (χ0) is 16.8. The van der Waals surface area contributed by atoms with E-state index in [-0.39, 0.29) is 0 Å². The molecule has 134 valence electrons. The van der Waals surface area contributed by atoms with Crippen LogP contribution in [-0.2, 0) is 0 Å². The third-order valence-electron chi connectivity index (χ3n) is 5.04. The maximum absolute atomic E-state index is 10.7. The van der Waals surface area contributed by atoms with E-state index in [2.05, 4.69) is 39.6 Å². The molecule has 1 aliphatic heterocycles. The Balaban J connectivity index is 1.58. The van der Waals surface area contributed by atoms with Crippen LogP contribution in [0.3, 0.4) is 0 Å². The van der Waals surface area contributed by atoms with Gasteiger partial charge in [-0.05, 0) is 37.3 Å². The second-order valence-electron chi connectivity index (χ2n) is 6.88. The summed E-state index contributed by atoms with van der Waals surface area (Å²) in [4.78, 5) is 9.56. The molecular formula is C18H30N4OS. The molecule has 0 atom stereocenters. The van der Waals surface area contributed by atoms with Crippen molar-refractivity contribution in [3.63, 3.8) is 0 Å². The Morgan fingerprint density at radius 2 is 2.00 bits per heavy atom. The van der Waals surface area contributed by atoms with Crippen molar-refractivity contribution in [1.29, 1.82) is 0 Å². The lowest BCUT2D eigenvalue weighted by Gasteiger charge is -2.37. The first-order valence-corrected chi connectivity index (χ1v) is 10.1. The predicted octanol–water partition coefficient (Wildman–Crippen LogP) is 2.53. The quantitative estimate of drug-likeness (QED) is 0.647. The number of guanidine groups is 1. The molecule has 3 rings (SSSR count). The lowest BCUT2D eigenvalue weighted by Crippen LogP contribution is -2.53. The number of aliphatic imine (C=N–C) groups is 1. The molecule has 1 aliphatic carbocycles. The molecule has 1 saturated carbocycles. The van der Waals surface area contributed by atoms with Crippen molar-refractivity contribution in [3.8, 4) is 0 Å². The standard InChI is InChI=1S/C18H30N4OS/c1-2-19-17(20-15-18(23)8-4-3-5-9-18)22-12-10-21(11-13-22)16-7-6-14-24-16/h6-7,14,23H,2-5,8-13,15H2,1H3,(H,19,20). The number of rotatable bonds is 4. The number of aliphatic hydroxyl groups is 1. The molecule has 2 fully saturated rings. The molecular weight excluding hydrogens is 320 g/mol. The van der Waals surface area contributed by atoms with E-state index in [9.17, 15) is 5.11 Å². The summed E-state index contributed by atoms with van der Waals surface area (Å²) in [6, 6.07) is 4.31. The summed E-state index contributed by atoms with van der Waals surface area (Å²) in [6.45, 7) is 7.49. The zero-order valence-corrected chi connectivity index (χ0v) is 15.5. The van der Waals surface area contributed by atoms with Crippen LogP contribution in [0.25, 0.3) is 0 Å². The van der Waals surface area contributed by atoms with Crippen LogP contribution in [0.1, 0.15) is 39.0 Å². The Morgan fingerprint density at radius 3 is 2.62 bits per heavy atom. The first-order valence-electron chi connectivity index (χ1n) is 9.24. The molecule has 1 aromatic rings. The maximum atomic E-state index is 10.7. The molecule has 0 aromatic carbocycles. The molecule has 6 heteroatoms. The lowest BCUT2D eigenvalue weighted by molar-refractivity contribution is 0.0129. The maximum Gasteiger partial charge on any atom is 0.194 e. The fraction of sp³-hybridized carbons (Fsp3) is 0.722. The number of piperazine rings is 1. The number of nitrogens with zero attached hydrogens (tertiary/aromatic N) is 3. The van der Waals surface area contributed by atoms with Crippen LogP contribution in [0.2, 0.25) is 0 Å². The molecule has 1 aromatic heterocycles. The van der Waals surface area contributed by atoms with Gasteiger partial charge in [0.15, 0.2) is 5.96 Å². The number of nitrogens with one attached hydrogen (secondary N) is 1. The fourth-order valence-electron chi connectivity index (χ4n) is 3.60. The topological polar surface area (TPSA) is 51.1 Å². The first kappa shape index (κ1) is 17.5. The van der Waals surface area contributed by atoms with Crippen LogP contribution in [0, 0.1) is 0 Å². The normalized spacial score (nSPS) is 21.8. The van der Waals surface area contributed by atoms with E-state index in [1.54, 1.807) is 11.3 Å². The Hall–Kier alpha value is -1.27. The smallest absolute Gasteiger partial charge is 0.194 e. The van der Waals surface area contributed by atoms with E-state index >= 15 is 0 Å². The zero-order valence-electron chi connectivity index (χ0n) is 14.7. The summed E-state index contributed by atoms with van der Waals surface area (Å²) in [5, 5.41) is 17.6. The Labute approximate surface area is 149 Å². The van der Waals surface area contributed by atoms with Gasteiger partial charge in [-0.3, -0.25) is 4.99 Å². The van der Waals surface area contributed by atoms with E-state index in [0.717, 1.165) is 64.4 Å². The van der Waals surface area contributed by atoms with Crippen molar-refractivity contribution >= 4 is 22.3 Å². The summed E-state index contributed by atoms with van der Waals surface area (Å²) < 4.78 is 0. The van der Waals surface area contributed by atoms with E-state index < -0.39 is 5.60 Å². The summed E-state index contributed by atoms with van der Waals surface area (Å²) in [6.07, 6.45) is 5.28. The number of thiophene rings is 1. The van der Waals surface area contributed by atoms with Gasteiger partial charge in [0.05, 0.1) is 17.1 Å². The minimum atomic E-state index is -0.586. The molecule has 2 heterocycles. The summed E-state index contributed by atoms with van der Waals surface area (Å²) >= 11 is 1.81. The number of anilines is 1. The van der Waals surface area contributed by atoms with Gasteiger partial charge < -0.3 is 20.2 Å². The summed E-state index contributed by atoms with van der Waals surface area (Å²) in [5.74, 6) is 0.960. The summed E-state index contributed by atoms with van der Waals surface area (Å²) in [7, 11) is 0. The highest BCUT2D eigenvalue weighted by Crippen LogP contribution is 2.28. The molecule has 24 heavy (non-hydrogen) atoms. The van der Waals surface area contributed by atoms with Gasteiger partial charge in [0.1, 0.15) is 0 Å². The van der Waals surface area contributed by atoms with Crippen molar-refractivity contribution in [2.75, 3.05) is 44.2 Å². The van der Waals surface area contributed by atoms with Crippen LogP contribution in [0.15, 0.2) is 22.5 Å². The molecule has 0 amide bonds. The average molecular weight is 351 g/mol. The van der Waals surface area contributed by atoms with Gasteiger partial charge in [0, 0.05) is 32.7 Å². The van der Waals surface area contributed by atoms with Crippen molar-refractivity contribution in [3.05, 3.63) is 17.5 Å². The predicted molar refractivity (Wildman–Crippen MR) is 102 cm³/mol. The van der Waals surface area contributed by atoms with E-state index in [1.807, 2.05) is 0 Å². The molecule has 5 nitrogen and oxygen atoms in total. The Kier molecular flexibility index (Phi) is 6.00. The Bertz CT molecular complexity index is 517. The van der Waals surface area contributed by atoms with Crippen LogP contribution in [0.4, 0.5) is 5.00 Å². The van der Waals surface area contributed by atoms with Crippen molar-refractivity contribution < 1.29 is 5.11 Å².